The Morgan fingerprint density at radius 2 is 2.38 bits per heavy atom. The van der Waals surface area contributed by atoms with Gasteiger partial charge in [0, 0.05) is 11.5 Å². The van der Waals surface area contributed by atoms with Crippen LogP contribution in [0.3, 0.4) is 0 Å². The maximum atomic E-state index is 5.86. The molecule has 1 saturated carbocycles. The molecule has 90 valence electrons. The summed E-state index contributed by atoms with van der Waals surface area (Å²) in [5, 5.41) is 2.12. The molecule has 3 nitrogen and oxygen atoms in total. The van der Waals surface area contributed by atoms with Crippen LogP contribution in [0.25, 0.3) is 0 Å². The van der Waals surface area contributed by atoms with Crippen molar-refractivity contribution in [1.82, 2.24) is 5.43 Å². The summed E-state index contributed by atoms with van der Waals surface area (Å²) in [6, 6.07) is 2.28. The Hall–Kier alpha value is -0.420. The Morgan fingerprint density at radius 1 is 1.62 bits per heavy atom. The van der Waals surface area contributed by atoms with Crippen LogP contribution in [0, 0.1) is 12.8 Å². The zero-order chi connectivity index (χ0) is 11.5. The van der Waals surface area contributed by atoms with Gasteiger partial charge in [-0.3, -0.25) is 5.84 Å². The van der Waals surface area contributed by atoms with Gasteiger partial charge in [-0.15, -0.1) is 11.3 Å². The van der Waals surface area contributed by atoms with Gasteiger partial charge < -0.3 is 4.74 Å². The van der Waals surface area contributed by atoms with E-state index in [0.717, 1.165) is 6.61 Å². The van der Waals surface area contributed by atoms with E-state index in [-0.39, 0.29) is 12.1 Å². The number of thiophene rings is 1. The molecule has 1 aliphatic rings. The van der Waals surface area contributed by atoms with Crippen molar-refractivity contribution in [2.75, 3.05) is 6.61 Å². The average molecular weight is 240 g/mol. The van der Waals surface area contributed by atoms with Crippen molar-refractivity contribution in [1.29, 1.82) is 0 Å². The van der Waals surface area contributed by atoms with Crippen LogP contribution in [0.2, 0.25) is 0 Å². The van der Waals surface area contributed by atoms with Gasteiger partial charge in [0.1, 0.15) is 0 Å². The summed E-state index contributed by atoms with van der Waals surface area (Å²) in [6.45, 7) is 4.93. The monoisotopic (exact) mass is 240 g/mol. The lowest BCUT2D eigenvalue weighted by molar-refractivity contribution is 0.0193. The molecular formula is C12H20N2OS. The Labute approximate surface area is 101 Å². The molecule has 2 rings (SSSR count). The number of nitrogens with two attached hydrogens (primary N) is 1. The third-order valence-corrected chi connectivity index (χ3v) is 4.24. The lowest BCUT2D eigenvalue weighted by Crippen LogP contribution is -2.39. The van der Waals surface area contributed by atoms with E-state index in [1.54, 1.807) is 11.3 Å². The predicted molar refractivity (Wildman–Crippen MR) is 67.3 cm³/mol. The number of ether oxygens (including phenoxy) is 1. The summed E-state index contributed by atoms with van der Waals surface area (Å²) < 4.78 is 5.86. The molecule has 0 aliphatic heterocycles. The van der Waals surface area contributed by atoms with Crippen LogP contribution in [0.5, 0.6) is 0 Å². The topological polar surface area (TPSA) is 47.3 Å². The first-order valence-corrected chi connectivity index (χ1v) is 6.77. The Bertz CT molecular complexity index is 336. The van der Waals surface area contributed by atoms with Gasteiger partial charge >= 0.3 is 0 Å². The summed E-state index contributed by atoms with van der Waals surface area (Å²) >= 11 is 1.76. The SMILES string of the molecule is CCOC(C1CC1)C(NN)c1sccc1C. The molecule has 1 aliphatic carbocycles. The summed E-state index contributed by atoms with van der Waals surface area (Å²) in [4.78, 5) is 1.31. The molecule has 4 heteroatoms. The number of rotatable bonds is 6. The smallest absolute Gasteiger partial charge is 0.0820 e. The van der Waals surface area contributed by atoms with E-state index in [9.17, 15) is 0 Å². The molecule has 0 aromatic carbocycles. The maximum absolute atomic E-state index is 5.86. The highest BCUT2D eigenvalue weighted by molar-refractivity contribution is 7.10. The summed E-state index contributed by atoms with van der Waals surface area (Å²) in [7, 11) is 0. The maximum Gasteiger partial charge on any atom is 0.0820 e. The molecule has 16 heavy (non-hydrogen) atoms. The van der Waals surface area contributed by atoms with E-state index in [1.165, 1.54) is 23.3 Å². The highest BCUT2D eigenvalue weighted by Gasteiger charge is 2.38. The molecule has 1 aromatic rings. The molecule has 0 radical (unpaired) electrons. The zero-order valence-electron chi connectivity index (χ0n) is 9.90. The molecular weight excluding hydrogens is 220 g/mol. The van der Waals surface area contributed by atoms with Crippen LogP contribution < -0.4 is 11.3 Å². The lowest BCUT2D eigenvalue weighted by Gasteiger charge is -2.26. The van der Waals surface area contributed by atoms with E-state index >= 15 is 0 Å². The van der Waals surface area contributed by atoms with Crippen molar-refractivity contribution in [2.24, 2.45) is 11.8 Å². The minimum atomic E-state index is 0.146. The number of aryl methyl sites for hydroxylation is 1. The van der Waals surface area contributed by atoms with Gasteiger partial charge in [0.05, 0.1) is 12.1 Å². The largest absolute Gasteiger partial charge is 0.376 e. The highest BCUT2D eigenvalue weighted by Crippen LogP contribution is 2.41. The fourth-order valence-electron chi connectivity index (χ4n) is 2.14. The van der Waals surface area contributed by atoms with Crippen LogP contribution >= 0.6 is 11.3 Å². The molecule has 2 atom stereocenters. The minimum Gasteiger partial charge on any atom is -0.376 e. The van der Waals surface area contributed by atoms with Crippen LogP contribution in [0.4, 0.5) is 0 Å². The van der Waals surface area contributed by atoms with E-state index in [4.69, 9.17) is 10.6 Å². The van der Waals surface area contributed by atoms with Crippen LogP contribution in [-0.2, 0) is 4.74 Å². The summed E-state index contributed by atoms with van der Waals surface area (Å²) in [5.41, 5.74) is 4.24. The standard InChI is InChI=1S/C12H20N2OS/c1-3-15-11(9-4-5-9)10(14-13)12-8(2)6-7-16-12/h6-7,9-11,14H,3-5,13H2,1-2H3. The molecule has 1 heterocycles. The van der Waals surface area contributed by atoms with E-state index in [0.29, 0.717) is 5.92 Å². The second-order valence-corrected chi connectivity index (χ2v) is 5.32. The van der Waals surface area contributed by atoms with Crippen molar-refractivity contribution in [3.63, 3.8) is 0 Å². The number of hydrogen-bond acceptors (Lipinski definition) is 4. The molecule has 1 aromatic heterocycles. The molecule has 0 amide bonds. The lowest BCUT2D eigenvalue weighted by atomic mass is 10.0. The van der Waals surface area contributed by atoms with E-state index in [2.05, 4.69) is 23.8 Å². The first-order chi connectivity index (χ1) is 7.77. The van der Waals surface area contributed by atoms with Gasteiger partial charge in [-0.1, -0.05) is 0 Å². The average Bonchev–Trinajstić information content (AvgIpc) is 3.03. The van der Waals surface area contributed by atoms with Crippen molar-refractivity contribution >= 4 is 11.3 Å². The third kappa shape index (κ3) is 2.46. The first-order valence-electron chi connectivity index (χ1n) is 5.89. The van der Waals surface area contributed by atoms with Crippen LogP contribution in [0.1, 0.15) is 36.2 Å². The van der Waals surface area contributed by atoms with Crippen molar-refractivity contribution in [3.8, 4) is 0 Å². The number of hydrogen-bond donors (Lipinski definition) is 2. The summed E-state index contributed by atoms with van der Waals surface area (Å²) in [5.74, 6) is 6.39. The molecule has 0 spiro atoms. The van der Waals surface area contributed by atoms with Gasteiger partial charge in [-0.05, 0) is 49.6 Å². The van der Waals surface area contributed by atoms with E-state index in [1.807, 2.05) is 6.92 Å². The second kappa shape index (κ2) is 5.27. The molecule has 2 unspecified atom stereocenters. The Morgan fingerprint density at radius 3 is 2.81 bits per heavy atom. The number of nitrogens with one attached hydrogen (secondary N) is 1. The number of hydrazine groups is 1. The quantitative estimate of drug-likeness (QED) is 0.593. The zero-order valence-corrected chi connectivity index (χ0v) is 10.7. The van der Waals surface area contributed by atoms with Crippen LogP contribution in [-0.4, -0.2) is 12.7 Å². The minimum absolute atomic E-state index is 0.146. The van der Waals surface area contributed by atoms with Crippen LogP contribution in [0.15, 0.2) is 11.4 Å². The molecule has 3 N–H and O–H groups in total. The van der Waals surface area contributed by atoms with Gasteiger partial charge in [-0.25, -0.2) is 5.43 Å². The first kappa shape index (κ1) is 12.0. The summed E-state index contributed by atoms with van der Waals surface area (Å²) in [6.07, 6.45) is 2.77. The van der Waals surface area contributed by atoms with Crippen molar-refractivity contribution in [2.45, 2.75) is 38.8 Å². The second-order valence-electron chi connectivity index (χ2n) is 4.37. The fraction of sp³-hybridized carbons (Fsp3) is 0.667. The Balaban J connectivity index is 2.16. The van der Waals surface area contributed by atoms with E-state index < -0.39 is 0 Å². The Kier molecular flexibility index (Phi) is 3.97. The van der Waals surface area contributed by atoms with Gasteiger partial charge in [0.25, 0.3) is 0 Å². The van der Waals surface area contributed by atoms with Crippen molar-refractivity contribution in [3.05, 3.63) is 21.9 Å². The predicted octanol–water partition coefficient (Wildman–Crippen LogP) is 2.38. The normalized spacial score (nSPS) is 19.7. The third-order valence-electron chi connectivity index (χ3n) is 3.14. The molecule has 0 bridgehead atoms. The van der Waals surface area contributed by atoms with Gasteiger partial charge in [0.15, 0.2) is 0 Å². The van der Waals surface area contributed by atoms with Gasteiger partial charge in [-0.2, -0.15) is 0 Å². The van der Waals surface area contributed by atoms with Crippen molar-refractivity contribution < 1.29 is 4.74 Å². The fourth-order valence-corrected chi connectivity index (χ4v) is 3.17. The highest BCUT2D eigenvalue weighted by atomic mass is 32.1. The van der Waals surface area contributed by atoms with Gasteiger partial charge in [0.2, 0.25) is 0 Å². The molecule has 1 fully saturated rings. The molecule has 0 saturated heterocycles.